The van der Waals surface area contributed by atoms with Crippen LogP contribution in [0.1, 0.15) is 63.1 Å². The molecule has 1 aliphatic carbocycles. The third kappa shape index (κ3) is 2.91. The van der Waals surface area contributed by atoms with Gasteiger partial charge in [-0.25, -0.2) is 0 Å². The number of rotatable bonds is 2. The summed E-state index contributed by atoms with van der Waals surface area (Å²) in [5, 5.41) is 0. The van der Waals surface area contributed by atoms with Gasteiger partial charge in [-0.15, -0.1) is 0 Å². The molecule has 0 nitrogen and oxygen atoms in total. The lowest BCUT2D eigenvalue weighted by Gasteiger charge is -2.17. The van der Waals surface area contributed by atoms with E-state index in [0.717, 1.165) is 11.8 Å². The van der Waals surface area contributed by atoms with Crippen molar-refractivity contribution in [3.05, 3.63) is 34.9 Å². The lowest BCUT2D eigenvalue weighted by molar-refractivity contribution is 0.345. The highest BCUT2D eigenvalue weighted by Crippen LogP contribution is 2.30. The molecule has 1 atom stereocenters. The van der Waals surface area contributed by atoms with E-state index >= 15 is 0 Å². The first kappa shape index (κ1) is 12.7. The molecule has 0 N–H and O–H groups in total. The molecule has 17 heavy (non-hydrogen) atoms. The molecule has 0 bridgehead atoms. The van der Waals surface area contributed by atoms with Crippen LogP contribution in [0.2, 0.25) is 0 Å². The van der Waals surface area contributed by atoms with Crippen molar-refractivity contribution < 1.29 is 0 Å². The summed E-state index contributed by atoms with van der Waals surface area (Å²) >= 11 is 0. The molecule has 0 heteroatoms. The van der Waals surface area contributed by atoms with E-state index in [2.05, 4.69) is 45.9 Å². The molecule has 0 saturated heterocycles. The molecule has 94 valence electrons. The van der Waals surface area contributed by atoms with Crippen molar-refractivity contribution in [2.75, 3.05) is 0 Å². The second-order valence-electron chi connectivity index (χ2n) is 6.26. The fourth-order valence-electron chi connectivity index (χ4n) is 2.97. The second-order valence-corrected chi connectivity index (χ2v) is 6.26. The molecule has 1 aromatic carbocycles. The van der Waals surface area contributed by atoms with Crippen LogP contribution in [0.25, 0.3) is 0 Å². The maximum absolute atomic E-state index is 2.46. The Bertz CT molecular complexity index is 374. The van der Waals surface area contributed by atoms with Crippen molar-refractivity contribution in [1.29, 1.82) is 0 Å². The molecular formula is C17H26. The summed E-state index contributed by atoms with van der Waals surface area (Å²) in [7, 11) is 0. The van der Waals surface area contributed by atoms with E-state index in [9.17, 15) is 0 Å². The minimum Gasteiger partial charge on any atom is -0.0625 e. The number of hydrogen-bond donors (Lipinski definition) is 0. The van der Waals surface area contributed by atoms with Crippen LogP contribution >= 0.6 is 0 Å². The van der Waals surface area contributed by atoms with Crippen LogP contribution in [0.4, 0.5) is 0 Å². The minimum atomic E-state index is 0.657. The van der Waals surface area contributed by atoms with E-state index in [4.69, 9.17) is 0 Å². The summed E-state index contributed by atoms with van der Waals surface area (Å²) in [4.78, 5) is 0. The van der Waals surface area contributed by atoms with Gasteiger partial charge in [0.25, 0.3) is 0 Å². The molecule has 0 spiro atoms. The highest BCUT2D eigenvalue weighted by atomic mass is 14.2. The van der Waals surface area contributed by atoms with Crippen molar-refractivity contribution in [3.8, 4) is 0 Å². The summed E-state index contributed by atoms with van der Waals surface area (Å²) in [6.07, 6.45) is 5.34. The van der Waals surface area contributed by atoms with Crippen molar-refractivity contribution in [3.63, 3.8) is 0 Å². The van der Waals surface area contributed by atoms with Gasteiger partial charge in [-0.3, -0.25) is 0 Å². The molecule has 0 radical (unpaired) electrons. The monoisotopic (exact) mass is 230 g/mol. The van der Waals surface area contributed by atoms with Gasteiger partial charge in [-0.05, 0) is 60.1 Å². The van der Waals surface area contributed by atoms with Crippen LogP contribution in [0.15, 0.2) is 18.2 Å². The molecule has 0 aliphatic heterocycles. The van der Waals surface area contributed by atoms with Crippen LogP contribution in [-0.2, 0) is 12.8 Å². The summed E-state index contributed by atoms with van der Waals surface area (Å²) in [5.41, 5.74) is 4.74. The molecule has 1 aromatic rings. The Morgan fingerprint density at radius 1 is 0.941 bits per heavy atom. The van der Waals surface area contributed by atoms with Crippen LogP contribution in [0.3, 0.4) is 0 Å². The first-order chi connectivity index (χ1) is 8.08. The average molecular weight is 230 g/mol. The standard InChI is InChI=1S/C17H26/c1-12(2)14-5-7-15-8-9-16(13(3)4)11-17(15)10-6-14/h8-9,11-14H,5-7,10H2,1-4H3. The Balaban J connectivity index is 2.19. The topological polar surface area (TPSA) is 0 Å². The molecule has 0 saturated carbocycles. The molecule has 1 unspecified atom stereocenters. The highest BCUT2D eigenvalue weighted by Gasteiger charge is 2.19. The molecule has 0 aromatic heterocycles. The lowest BCUT2D eigenvalue weighted by atomic mass is 9.88. The number of aryl methyl sites for hydroxylation is 2. The summed E-state index contributed by atoms with van der Waals surface area (Å²) in [6, 6.07) is 7.18. The quantitative estimate of drug-likeness (QED) is 0.630. The van der Waals surface area contributed by atoms with Crippen LogP contribution in [0.5, 0.6) is 0 Å². The summed E-state index contributed by atoms with van der Waals surface area (Å²) < 4.78 is 0. The van der Waals surface area contributed by atoms with E-state index in [1.807, 2.05) is 0 Å². The zero-order valence-corrected chi connectivity index (χ0v) is 11.8. The van der Waals surface area contributed by atoms with Crippen molar-refractivity contribution >= 4 is 0 Å². The van der Waals surface area contributed by atoms with Gasteiger partial charge in [0.2, 0.25) is 0 Å². The van der Waals surface area contributed by atoms with Gasteiger partial charge in [-0.2, -0.15) is 0 Å². The molecule has 0 heterocycles. The molecule has 2 rings (SSSR count). The SMILES string of the molecule is CC(C)c1ccc2c(c1)CCC(C(C)C)CC2. The molecule has 1 aliphatic rings. The van der Waals surface area contributed by atoms with Crippen molar-refractivity contribution in [2.45, 2.75) is 59.3 Å². The van der Waals surface area contributed by atoms with Crippen LogP contribution in [-0.4, -0.2) is 0 Å². The zero-order chi connectivity index (χ0) is 12.4. The Kier molecular flexibility index (Phi) is 3.91. The Labute approximate surface area is 106 Å². The maximum Gasteiger partial charge on any atom is -0.0219 e. The van der Waals surface area contributed by atoms with E-state index in [0.29, 0.717) is 5.92 Å². The second kappa shape index (κ2) is 5.25. The Hall–Kier alpha value is -0.780. The molecule has 0 fully saturated rings. The minimum absolute atomic E-state index is 0.657. The fourth-order valence-corrected chi connectivity index (χ4v) is 2.97. The first-order valence-corrected chi connectivity index (χ1v) is 7.19. The average Bonchev–Trinajstić information content (AvgIpc) is 2.50. The first-order valence-electron chi connectivity index (χ1n) is 7.19. The zero-order valence-electron chi connectivity index (χ0n) is 11.8. The van der Waals surface area contributed by atoms with Gasteiger partial charge in [-0.1, -0.05) is 45.9 Å². The Morgan fingerprint density at radius 2 is 1.59 bits per heavy atom. The van der Waals surface area contributed by atoms with E-state index in [1.165, 1.54) is 31.2 Å². The third-order valence-electron chi connectivity index (χ3n) is 4.41. The van der Waals surface area contributed by atoms with Crippen LogP contribution < -0.4 is 0 Å². The number of benzene rings is 1. The fraction of sp³-hybridized carbons (Fsp3) is 0.647. The van der Waals surface area contributed by atoms with E-state index < -0.39 is 0 Å². The van der Waals surface area contributed by atoms with Crippen molar-refractivity contribution in [2.24, 2.45) is 11.8 Å². The predicted molar refractivity (Wildman–Crippen MR) is 75.5 cm³/mol. The lowest BCUT2D eigenvalue weighted by Crippen LogP contribution is -2.08. The maximum atomic E-state index is 2.46. The van der Waals surface area contributed by atoms with E-state index in [1.54, 1.807) is 11.1 Å². The number of fused-ring (bicyclic) bond motifs is 1. The van der Waals surface area contributed by atoms with Gasteiger partial charge < -0.3 is 0 Å². The molecule has 0 amide bonds. The third-order valence-corrected chi connectivity index (χ3v) is 4.41. The van der Waals surface area contributed by atoms with Crippen LogP contribution in [0, 0.1) is 11.8 Å². The summed E-state index contributed by atoms with van der Waals surface area (Å²) in [5.74, 6) is 2.42. The van der Waals surface area contributed by atoms with Gasteiger partial charge in [0.1, 0.15) is 0 Å². The van der Waals surface area contributed by atoms with Crippen molar-refractivity contribution in [1.82, 2.24) is 0 Å². The normalized spacial score (nSPS) is 20.5. The molecular weight excluding hydrogens is 204 g/mol. The summed E-state index contributed by atoms with van der Waals surface area (Å²) in [6.45, 7) is 9.32. The number of hydrogen-bond acceptors (Lipinski definition) is 0. The van der Waals surface area contributed by atoms with Gasteiger partial charge >= 0.3 is 0 Å². The smallest absolute Gasteiger partial charge is 0.0219 e. The van der Waals surface area contributed by atoms with Gasteiger partial charge in [0.15, 0.2) is 0 Å². The highest BCUT2D eigenvalue weighted by molar-refractivity contribution is 5.34. The van der Waals surface area contributed by atoms with E-state index in [-0.39, 0.29) is 0 Å². The van der Waals surface area contributed by atoms with Gasteiger partial charge in [0, 0.05) is 0 Å². The predicted octanol–water partition coefficient (Wildman–Crippen LogP) is 4.96. The largest absolute Gasteiger partial charge is 0.0625 e. The Morgan fingerprint density at radius 3 is 2.18 bits per heavy atom. The van der Waals surface area contributed by atoms with Gasteiger partial charge in [0.05, 0.1) is 0 Å².